The zero-order valence-electron chi connectivity index (χ0n) is 8.44. The van der Waals surface area contributed by atoms with Crippen LogP contribution in [0.1, 0.15) is 12.5 Å². The Morgan fingerprint density at radius 1 is 1.36 bits per heavy atom. The highest BCUT2D eigenvalue weighted by atomic mass is 16.5. The summed E-state index contributed by atoms with van der Waals surface area (Å²) in [4.78, 5) is 0. The molecule has 0 aliphatic rings. The van der Waals surface area contributed by atoms with Gasteiger partial charge in [-0.25, -0.2) is 0 Å². The van der Waals surface area contributed by atoms with E-state index in [1.165, 1.54) is 0 Å². The van der Waals surface area contributed by atoms with E-state index < -0.39 is 6.10 Å². The second kappa shape index (κ2) is 5.62. The number of nitrogens with two attached hydrogens (primary N) is 1. The van der Waals surface area contributed by atoms with Gasteiger partial charge in [-0.2, -0.15) is 0 Å². The molecule has 3 nitrogen and oxygen atoms in total. The van der Waals surface area contributed by atoms with Gasteiger partial charge in [0.25, 0.3) is 0 Å². The number of hydrogen-bond acceptors (Lipinski definition) is 3. The van der Waals surface area contributed by atoms with Gasteiger partial charge in [-0.1, -0.05) is 12.1 Å². The van der Waals surface area contributed by atoms with Gasteiger partial charge in [-0.3, -0.25) is 0 Å². The molecule has 0 spiro atoms. The summed E-state index contributed by atoms with van der Waals surface area (Å²) in [6.07, 6.45) is 0.149. The van der Waals surface area contributed by atoms with Crippen molar-refractivity contribution in [3.8, 4) is 5.75 Å². The highest BCUT2D eigenvalue weighted by Crippen LogP contribution is 2.13. The number of benzene rings is 1. The number of aliphatic hydroxyl groups is 1. The zero-order valence-corrected chi connectivity index (χ0v) is 8.44. The van der Waals surface area contributed by atoms with Crippen LogP contribution in [0, 0.1) is 0 Å². The Hall–Kier alpha value is -1.06. The maximum absolute atomic E-state index is 9.33. The molecule has 3 N–H and O–H groups in total. The van der Waals surface area contributed by atoms with Crippen molar-refractivity contribution in [2.24, 2.45) is 5.73 Å². The Balaban J connectivity index is 2.54. The minimum absolute atomic E-state index is 0.299. The summed E-state index contributed by atoms with van der Waals surface area (Å²) in [6, 6.07) is 7.71. The summed E-state index contributed by atoms with van der Waals surface area (Å²) in [7, 11) is 0. The SMILES string of the molecule is CCOc1ccc(CC(O)CN)cc1. The van der Waals surface area contributed by atoms with Gasteiger partial charge < -0.3 is 15.6 Å². The van der Waals surface area contributed by atoms with Crippen molar-refractivity contribution >= 4 is 0 Å². The lowest BCUT2D eigenvalue weighted by atomic mass is 10.1. The van der Waals surface area contributed by atoms with E-state index in [0.29, 0.717) is 19.6 Å². The molecule has 0 aromatic heterocycles. The molecule has 0 saturated heterocycles. The van der Waals surface area contributed by atoms with Crippen LogP contribution in [-0.2, 0) is 6.42 Å². The fraction of sp³-hybridized carbons (Fsp3) is 0.455. The minimum atomic E-state index is -0.451. The van der Waals surface area contributed by atoms with E-state index in [4.69, 9.17) is 10.5 Å². The van der Waals surface area contributed by atoms with Gasteiger partial charge >= 0.3 is 0 Å². The van der Waals surface area contributed by atoms with Gasteiger partial charge in [0, 0.05) is 6.54 Å². The van der Waals surface area contributed by atoms with Gasteiger partial charge in [0.1, 0.15) is 5.75 Å². The lowest BCUT2D eigenvalue weighted by Gasteiger charge is -2.08. The molecule has 1 unspecified atom stereocenters. The molecule has 1 aromatic rings. The van der Waals surface area contributed by atoms with Gasteiger partial charge in [0.2, 0.25) is 0 Å². The smallest absolute Gasteiger partial charge is 0.119 e. The van der Waals surface area contributed by atoms with Crippen LogP contribution in [0.2, 0.25) is 0 Å². The maximum atomic E-state index is 9.33. The van der Waals surface area contributed by atoms with Crippen molar-refractivity contribution in [3.63, 3.8) is 0 Å². The molecule has 0 fully saturated rings. The number of aliphatic hydroxyl groups excluding tert-OH is 1. The maximum Gasteiger partial charge on any atom is 0.119 e. The van der Waals surface area contributed by atoms with Crippen LogP contribution < -0.4 is 10.5 Å². The minimum Gasteiger partial charge on any atom is -0.494 e. The first-order valence-electron chi connectivity index (χ1n) is 4.86. The molecule has 0 bridgehead atoms. The Kier molecular flexibility index (Phi) is 4.43. The Morgan fingerprint density at radius 2 is 2.00 bits per heavy atom. The van der Waals surface area contributed by atoms with Crippen molar-refractivity contribution in [2.75, 3.05) is 13.2 Å². The van der Waals surface area contributed by atoms with Gasteiger partial charge in [0.15, 0.2) is 0 Å². The third kappa shape index (κ3) is 3.36. The molecule has 14 heavy (non-hydrogen) atoms. The van der Waals surface area contributed by atoms with Crippen molar-refractivity contribution in [1.29, 1.82) is 0 Å². The van der Waals surface area contributed by atoms with E-state index in [2.05, 4.69) is 0 Å². The molecule has 1 aromatic carbocycles. The standard InChI is InChI=1S/C11H17NO2/c1-2-14-11-5-3-9(4-6-11)7-10(13)8-12/h3-6,10,13H,2,7-8,12H2,1H3. The predicted octanol–water partition coefficient (Wildman–Crippen LogP) is 0.947. The van der Waals surface area contributed by atoms with E-state index >= 15 is 0 Å². The van der Waals surface area contributed by atoms with E-state index in [9.17, 15) is 5.11 Å². The summed E-state index contributed by atoms with van der Waals surface area (Å²) in [5, 5.41) is 9.33. The Labute approximate surface area is 84.5 Å². The molecular formula is C11H17NO2. The lowest BCUT2D eigenvalue weighted by molar-refractivity contribution is 0.183. The van der Waals surface area contributed by atoms with E-state index in [-0.39, 0.29) is 0 Å². The van der Waals surface area contributed by atoms with Crippen molar-refractivity contribution in [1.82, 2.24) is 0 Å². The monoisotopic (exact) mass is 195 g/mol. The van der Waals surface area contributed by atoms with Crippen LogP contribution in [0.4, 0.5) is 0 Å². The molecule has 0 amide bonds. The molecule has 78 valence electrons. The van der Waals surface area contributed by atoms with Gasteiger partial charge in [-0.05, 0) is 31.0 Å². The van der Waals surface area contributed by atoms with Gasteiger partial charge in [-0.15, -0.1) is 0 Å². The fourth-order valence-electron chi connectivity index (χ4n) is 1.24. The topological polar surface area (TPSA) is 55.5 Å². The van der Waals surface area contributed by atoms with Crippen LogP contribution in [0.15, 0.2) is 24.3 Å². The van der Waals surface area contributed by atoms with Crippen molar-refractivity contribution in [2.45, 2.75) is 19.4 Å². The number of hydrogen-bond donors (Lipinski definition) is 2. The zero-order chi connectivity index (χ0) is 10.4. The first kappa shape index (κ1) is 11.0. The molecule has 1 atom stereocenters. The third-order valence-electron chi connectivity index (χ3n) is 1.98. The third-order valence-corrected chi connectivity index (χ3v) is 1.98. The van der Waals surface area contributed by atoms with Crippen molar-refractivity contribution in [3.05, 3.63) is 29.8 Å². The van der Waals surface area contributed by atoms with Crippen LogP contribution in [-0.4, -0.2) is 24.4 Å². The van der Waals surface area contributed by atoms with E-state index in [1.54, 1.807) is 0 Å². The highest BCUT2D eigenvalue weighted by Gasteiger charge is 2.02. The summed E-state index contributed by atoms with van der Waals surface area (Å²) in [5.41, 5.74) is 6.40. The summed E-state index contributed by atoms with van der Waals surface area (Å²) < 4.78 is 5.30. The van der Waals surface area contributed by atoms with Crippen LogP contribution in [0.3, 0.4) is 0 Å². The highest BCUT2D eigenvalue weighted by molar-refractivity contribution is 5.27. The second-order valence-electron chi connectivity index (χ2n) is 3.17. The predicted molar refractivity (Wildman–Crippen MR) is 56.4 cm³/mol. The number of rotatable bonds is 5. The Bertz CT molecular complexity index is 258. The molecule has 0 aliphatic carbocycles. The second-order valence-corrected chi connectivity index (χ2v) is 3.17. The van der Waals surface area contributed by atoms with E-state index in [1.807, 2.05) is 31.2 Å². The largest absolute Gasteiger partial charge is 0.494 e. The first-order valence-corrected chi connectivity index (χ1v) is 4.86. The first-order chi connectivity index (χ1) is 6.76. The lowest BCUT2D eigenvalue weighted by Crippen LogP contribution is -2.21. The molecule has 0 saturated carbocycles. The number of ether oxygens (including phenoxy) is 1. The summed E-state index contributed by atoms with van der Waals surface area (Å²) in [6.45, 7) is 2.92. The summed E-state index contributed by atoms with van der Waals surface area (Å²) >= 11 is 0. The molecule has 1 rings (SSSR count). The molecular weight excluding hydrogens is 178 g/mol. The van der Waals surface area contributed by atoms with Crippen LogP contribution in [0.25, 0.3) is 0 Å². The van der Waals surface area contributed by atoms with Gasteiger partial charge in [0.05, 0.1) is 12.7 Å². The quantitative estimate of drug-likeness (QED) is 0.735. The fourth-order valence-corrected chi connectivity index (χ4v) is 1.24. The molecule has 0 heterocycles. The van der Waals surface area contributed by atoms with E-state index in [0.717, 1.165) is 11.3 Å². The van der Waals surface area contributed by atoms with Crippen LogP contribution in [0.5, 0.6) is 5.75 Å². The van der Waals surface area contributed by atoms with Crippen LogP contribution >= 0.6 is 0 Å². The molecule has 0 radical (unpaired) electrons. The average Bonchev–Trinajstić information content (AvgIpc) is 2.21. The molecule has 0 aliphatic heterocycles. The normalized spacial score (nSPS) is 12.5. The summed E-state index contributed by atoms with van der Waals surface area (Å²) in [5.74, 6) is 0.860. The Morgan fingerprint density at radius 3 is 2.50 bits per heavy atom. The van der Waals surface area contributed by atoms with Crippen molar-refractivity contribution < 1.29 is 9.84 Å². The molecule has 3 heteroatoms. The average molecular weight is 195 g/mol.